The van der Waals surface area contributed by atoms with Gasteiger partial charge in [0, 0.05) is 25.5 Å². The summed E-state index contributed by atoms with van der Waals surface area (Å²) in [4.78, 5) is 61.7. The van der Waals surface area contributed by atoms with E-state index in [0.717, 1.165) is 22.5 Å². The molecule has 0 saturated carbocycles. The molecular weight excluding hydrogens is 540 g/mol. The molecule has 0 radical (unpaired) electrons. The summed E-state index contributed by atoms with van der Waals surface area (Å²) in [6.07, 6.45) is -0.813. The van der Waals surface area contributed by atoms with Crippen LogP contribution in [0.1, 0.15) is 24.0 Å². The van der Waals surface area contributed by atoms with Gasteiger partial charge < -0.3 is 40.4 Å². The lowest BCUT2D eigenvalue weighted by molar-refractivity contribution is -0.161. The Morgan fingerprint density at radius 3 is 1.43 bits per heavy atom. The molecule has 4 fully saturated rings. The molecule has 6 aliphatic rings. The fraction of sp³-hybridized carbons (Fsp3) is 0.467. The molecule has 4 saturated heterocycles. The minimum atomic E-state index is -1.01. The van der Waals surface area contributed by atoms with Gasteiger partial charge in [0.05, 0.1) is 24.0 Å². The Hall–Kier alpha value is -4.16. The molecule has 2 aromatic carbocycles. The number of nitrogens with one attached hydrogen (secondary N) is 2. The largest absolute Gasteiger partial charge is 0.394 e. The number of rotatable bonds is 3. The summed E-state index contributed by atoms with van der Waals surface area (Å²) < 4.78 is 0. The molecule has 0 aromatic heterocycles. The molecule has 218 valence electrons. The third kappa shape index (κ3) is 2.62. The van der Waals surface area contributed by atoms with Gasteiger partial charge in [-0.1, -0.05) is 36.4 Å². The first-order chi connectivity index (χ1) is 20.2. The van der Waals surface area contributed by atoms with Crippen molar-refractivity contribution in [1.82, 2.24) is 19.6 Å². The highest BCUT2D eigenvalue weighted by Gasteiger charge is 2.78. The molecule has 6 aliphatic heterocycles. The second-order valence-electron chi connectivity index (χ2n) is 12.4. The highest BCUT2D eigenvalue weighted by atomic mass is 16.3. The van der Waals surface area contributed by atoms with Gasteiger partial charge in [0.15, 0.2) is 0 Å². The molecule has 8 rings (SSSR count). The van der Waals surface area contributed by atoms with Gasteiger partial charge in [-0.05, 0) is 36.1 Å². The van der Waals surface area contributed by atoms with Crippen LogP contribution in [-0.2, 0) is 30.0 Å². The van der Waals surface area contributed by atoms with E-state index in [4.69, 9.17) is 0 Å². The van der Waals surface area contributed by atoms with Crippen LogP contribution in [-0.4, -0.2) is 117 Å². The van der Waals surface area contributed by atoms with Crippen LogP contribution < -0.4 is 10.6 Å². The Morgan fingerprint density at radius 2 is 1.05 bits per heavy atom. The second-order valence-corrected chi connectivity index (χ2v) is 12.4. The Bertz CT molecular complexity index is 1470. The number of para-hydroxylation sites is 2. The zero-order valence-corrected chi connectivity index (χ0v) is 23.2. The average Bonchev–Trinajstić information content (AvgIpc) is 3.69. The first-order valence-corrected chi connectivity index (χ1v) is 14.3. The van der Waals surface area contributed by atoms with Crippen molar-refractivity contribution in [3.8, 4) is 0 Å². The second kappa shape index (κ2) is 8.23. The number of aliphatic hydroxyl groups is 2. The van der Waals surface area contributed by atoms with Crippen molar-refractivity contribution in [3.63, 3.8) is 0 Å². The van der Waals surface area contributed by atoms with Crippen molar-refractivity contribution in [3.05, 3.63) is 59.7 Å². The SMILES string of the molecule is CN1C(=O)[C@@H]2CC3([C@@]45C[C@H]6C(=O)N(C)[C@@H](CO)C(=O)N6[C@@H]4Nc4ccccc45)c4ccccc4N[C@H]3N2C(=O)[C@@H]1CO. The number of hydrogen-bond acceptors (Lipinski definition) is 8. The highest BCUT2D eigenvalue weighted by molar-refractivity contribution is 6.01. The molecule has 0 bridgehead atoms. The van der Waals surface area contributed by atoms with E-state index in [1.165, 1.54) is 9.80 Å². The molecule has 4 amide bonds. The molecule has 12 heteroatoms. The van der Waals surface area contributed by atoms with Gasteiger partial charge in [0.25, 0.3) is 0 Å². The third-order valence-electron chi connectivity index (χ3n) is 11.0. The van der Waals surface area contributed by atoms with Crippen molar-refractivity contribution < 1.29 is 29.4 Å². The zero-order valence-electron chi connectivity index (χ0n) is 23.2. The fourth-order valence-electron chi connectivity index (χ4n) is 9.22. The third-order valence-corrected chi connectivity index (χ3v) is 11.0. The molecular formula is C30H32N6O6. The lowest BCUT2D eigenvalue weighted by Crippen LogP contribution is -2.67. The van der Waals surface area contributed by atoms with Gasteiger partial charge in [-0.3, -0.25) is 19.2 Å². The zero-order chi connectivity index (χ0) is 29.3. The van der Waals surface area contributed by atoms with E-state index >= 15 is 0 Å². The maximum Gasteiger partial charge on any atom is 0.250 e. The van der Waals surface area contributed by atoms with Gasteiger partial charge in [-0.25, -0.2) is 0 Å². The lowest BCUT2D eigenvalue weighted by Gasteiger charge is -2.48. The normalized spacial score (nSPS) is 37.6. The molecule has 0 spiro atoms. The number of piperazine rings is 2. The number of benzene rings is 2. The van der Waals surface area contributed by atoms with E-state index in [2.05, 4.69) is 10.6 Å². The highest BCUT2D eigenvalue weighted by Crippen LogP contribution is 2.69. The predicted octanol–water partition coefficient (Wildman–Crippen LogP) is -0.767. The van der Waals surface area contributed by atoms with Crippen LogP contribution in [0.3, 0.4) is 0 Å². The van der Waals surface area contributed by atoms with E-state index < -0.39 is 60.5 Å². The van der Waals surface area contributed by atoms with Gasteiger partial charge in [0.2, 0.25) is 23.6 Å². The molecule has 42 heavy (non-hydrogen) atoms. The molecule has 8 atom stereocenters. The van der Waals surface area contributed by atoms with Crippen molar-refractivity contribution >= 4 is 35.0 Å². The number of nitrogens with zero attached hydrogens (tertiary/aromatic N) is 4. The molecule has 12 nitrogen and oxygen atoms in total. The topological polar surface area (TPSA) is 146 Å². The van der Waals surface area contributed by atoms with E-state index in [1.54, 1.807) is 23.9 Å². The van der Waals surface area contributed by atoms with Gasteiger partial charge in [-0.2, -0.15) is 0 Å². The van der Waals surface area contributed by atoms with Crippen LogP contribution in [0.5, 0.6) is 0 Å². The van der Waals surface area contributed by atoms with Crippen LogP contribution in [0, 0.1) is 0 Å². The monoisotopic (exact) mass is 572 g/mol. The quantitative estimate of drug-likeness (QED) is 0.376. The molecule has 0 aliphatic carbocycles. The summed E-state index contributed by atoms with van der Waals surface area (Å²) in [5.74, 6) is -1.19. The first-order valence-electron chi connectivity index (χ1n) is 14.3. The van der Waals surface area contributed by atoms with Crippen molar-refractivity contribution in [1.29, 1.82) is 0 Å². The smallest absolute Gasteiger partial charge is 0.250 e. The van der Waals surface area contributed by atoms with Crippen LogP contribution in [0.25, 0.3) is 0 Å². The summed E-state index contributed by atoms with van der Waals surface area (Å²) in [6, 6.07) is 12.0. The number of carbonyl (C=O) groups is 4. The van der Waals surface area contributed by atoms with Crippen LogP contribution in [0.2, 0.25) is 0 Å². The Balaban J connectivity index is 1.41. The summed E-state index contributed by atoms with van der Waals surface area (Å²) in [5.41, 5.74) is 1.63. The number of aliphatic hydroxyl groups excluding tert-OH is 2. The predicted molar refractivity (Wildman–Crippen MR) is 149 cm³/mol. The van der Waals surface area contributed by atoms with E-state index in [9.17, 15) is 29.4 Å². The van der Waals surface area contributed by atoms with Gasteiger partial charge >= 0.3 is 0 Å². The van der Waals surface area contributed by atoms with Crippen molar-refractivity contribution in [2.75, 3.05) is 37.9 Å². The maximum absolute atomic E-state index is 14.0. The number of likely N-dealkylation sites (N-methyl/N-ethyl adjacent to an activating group) is 2. The van der Waals surface area contributed by atoms with Crippen molar-refractivity contribution in [2.45, 2.75) is 60.2 Å². The Morgan fingerprint density at radius 1 is 0.667 bits per heavy atom. The lowest BCUT2D eigenvalue weighted by atomic mass is 9.54. The number of fused-ring (bicyclic) bond motifs is 11. The van der Waals surface area contributed by atoms with Gasteiger partial charge in [-0.15, -0.1) is 0 Å². The molecule has 6 heterocycles. The first kappa shape index (κ1) is 25.5. The number of anilines is 2. The van der Waals surface area contributed by atoms with Crippen molar-refractivity contribution in [2.24, 2.45) is 0 Å². The summed E-state index contributed by atoms with van der Waals surface area (Å²) >= 11 is 0. The fourth-order valence-corrected chi connectivity index (χ4v) is 9.22. The Labute approximate surface area is 241 Å². The molecule has 1 unspecified atom stereocenters. The molecule has 4 N–H and O–H groups in total. The number of amides is 4. The van der Waals surface area contributed by atoms with E-state index in [0.29, 0.717) is 0 Å². The Kier molecular flexibility index (Phi) is 5.00. The minimum absolute atomic E-state index is 0.253. The average molecular weight is 573 g/mol. The van der Waals surface area contributed by atoms with E-state index in [-0.39, 0.29) is 36.5 Å². The summed E-state index contributed by atoms with van der Waals surface area (Å²) in [5, 5.41) is 27.4. The maximum atomic E-state index is 14.0. The number of carbonyl (C=O) groups excluding carboxylic acids is 4. The summed E-state index contributed by atoms with van der Waals surface area (Å²) in [7, 11) is 3.10. The van der Waals surface area contributed by atoms with Gasteiger partial charge in [0.1, 0.15) is 36.5 Å². The molecule has 2 aromatic rings. The van der Waals surface area contributed by atoms with Crippen LogP contribution >= 0.6 is 0 Å². The van der Waals surface area contributed by atoms with Crippen LogP contribution in [0.4, 0.5) is 11.4 Å². The van der Waals surface area contributed by atoms with Crippen LogP contribution in [0.15, 0.2) is 48.5 Å². The number of hydrogen-bond donors (Lipinski definition) is 4. The standard InChI is InChI=1S/C30H32N6O6/c1-33-21(13-37)25(41)35-19(23(33)39)11-29(15-7-3-5-9-17(15)31-27(29)35)30-12-20-24(40)34(2)22(14-38)26(42)36(20)28(30)32-18-10-6-4-8-16(18)30/h3-10,19-22,27-28,31-32,37-38H,11-14H2,1-2H3/t19-,20-,21-,22-,27-,28-,29+,30?/m0/s1. The van der Waals surface area contributed by atoms with E-state index in [1.807, 2.05) is 48.5 Å². The summed E-state index contributed by atoms with van der Waals surface area (Å²) in [6.45, 7) is -0.994. The minimum Gasteiger partial charge on any atom is -0.394 e.